The van der Waals surface area contributed by atoms with E-state index in [0.717, 1.165) is 0 Å². The highest BCUT2D eigenvalue weighted by molar-refractivity contribution is 7.48. The van der Waals surface area contributed by atoms with Crippen LogP contribution in [-0.4, -0.2) is 36.0 Å². The lowest BCUT2D eigenvalue weighted by Gasteiger charge is -2.08. The molecule has 0 aliphatic carbocycles. The molecular weight excluding hydrogens is 210 g/mol. The normalized spacial score (nSPS) is 10.9. The third kappa shape index (κ3) is 10.4. The van der Waals surface area contributed by atoms with Gasteiger partial charge in [0, 0.05) is 21.3 Å². The Hall–Kier alpha value is 0.420. The van der Waals surface area contributed by atoms with Crippen LogP contribution in [0.1, 0.15) is 0 Å². The highest BCUT2D eigenvalue weighted by Crippen LogP contribution is 2.46. The van der Waals surface area contributed by atoms with Gasteiger partial charge in [-0.15, -0.1) is 0 Å². The van der Waals surface area contributed by atoms with Gasteiger partial charge in [0.15, 0.2) is 0 Å². The fraction of sp³-hybridized carbons (Fsp3) is 1.00. The molecular formula is C3H12O7P2. The molecule has 0 aromatic heterocycles. The number of phosphoric ester groups is 1. The van der Waals surface area contributed by atoms with Crippen molar-refractivity contribution < 1.29 is 32.8 Å². The standard InChI is InChI=1S/C3H9O4P.H3O3P/c1-5-8(4,6-2)7-3;1-4(2)3/h1-3H3;1-3H. The molecule has 0 bridgehead atoms. The number of hydrogen-bond donors (Lipinski definition) is 3. The molecule has 0 amide bonds. The van der Waals surface area contributed by atoms with Crippen LogP contribution in [0.25, 0.3) is 0 Å². The predicted octanol–water partition coefficient (Wildman–Crippen LogP) is 0.224. The summed E-state index contributed by atoms with van der Waals surface area (Å²) in [6.07, 6.45) is 0. The fourth-order valence-corrected chi connectivity index (χ4v) is 0.671. The lowest BCUT2D eigenvalue weighted by Crippen LogP contribution is -1.88. The molecule has 0 saturated carbocycles. The van der Waals surface area contributed by atoms with E-state index in [1.54, 1.807) is 0 Å². The summed E-state index contributed by atoms with van der Waals surface area (Å²) in [5.74, 6) is 0. The van der Waals surface area contributed by atoms with Crippen LogP contribution in [0.4, 0.5) is 0 Å². The maximum Gasteiger partial charge on any atom is 0.473 e. The Morgan fingerprint density at radius 2 is 1.17 bits per heavy atom. The average molecular weight is 222 g/mol. The molecule has 0 radical (unpaired) electrons. The topological polar surface area (TPSA) is 105 Å². The van der Waals surface area contributed by atoms with Gasteiger partial charge in [-0.05, 0) is 0 Å². The molecule has 0 fully saturated rings. The van der Waals surface area contributed by atoms with E-state index in [9.17, 15) is 4.57 Å². The SMILES string of the molecule is COP(=O)(OC)OC.OP(O)O. The van der Waals surface area contributed by atoms with Crippen LogP contribution in [-0.2, 0) is 18.1 Å². The molecule has 76 valence electrons. The van der Waals surface area contributed by atoms with Gasteiger partial charge in [0.25, 0.3) is 0 Å². The van der Waals surface area contributed by atoms with Crippen LogP contribution in [0, 0.1) is 0 Å². The zero-order valence-electron chi connectivity index (χ0n) is 6.87. The minimum absolute atomic E-state index is 1.26. The van der Waals surface area contributed by atoms with Crippen molar-refractivity contribution in [3.05, 3.63) is 0 Å². The van der Waals surface area contributed by atoms with Crippen molar-refractivity contribution >= 4 is 16.4 Å². The minimum atomic E-state index is -3.16. The molecule has 0 heterocycles. The summed E-state index contributed by atoms with van der Waals surface area (Å²) in [5.41, 5.74) is 0. The summed E-state index contributed by atoms with van der Waals surface area (Å²) in [5, 5.41) is 0. The van der Waals surface area contributed by atoms with Crippen LogP contribution in [0.3, 0.4) is 0 Å². The summed E-state index contributed by atoms with van der Waals surface area (Å²) in [6.45, 7) is 0. The van der Waals surface area contributed by atoms with Gasteiger partial charge in [0.1, 0.15) is 0 Å². The molecule has 3 N–H and O–H groups in total. The van der Waals surface area contributed by atoms with Gasteiger partial charge in [-0.2, -0.15) is 0 Å². The van der Waals surface area contributed by atoms with Crippen molar-refractivity contribution in [1.82, 2.24) is 0 Å². The Morgan fingerprint density at radius 1 is 1.00 bits per heavy atom. The van der Waals surface area contributed by atoms with E-state index < -0.39 is 16.4 Å². The van der Waals surface area contributed by atoms with Gasteiger partial charge in [-0.25, -0.2) is 4.57 Å². The molecule has 0 aromatic carbocycles. The molecule has 7 nitrogen and oxygen atoms in total. The third-order valence-corrected chi connectivity index (χ3v) is 2.01. The molecule has 0 unspecified atom stereocenters. The molecule has 0 saturated heterocycles. The maximum atomic E-state index is 10.7. The maximum absolute atomic E-state index is 10.7. The van der Waals surface area contributed by atoms with Gasteiger partial charge < -0.3 is 14.7 Å². The summed E-state index contributed by atoms with van der Waals surface area (Å²) < 4.78 is 23.7. The Balaban J connectivity index is 0. The predicted molar refractivity (Wildman–Crippen MR) is 42.2 cm³/mol. The van der Waals surface area contributed by atoms with Gasteiger partial charge >= 0.3 is 16.4 Å². The second-order valence-electron chi connectivity index (χ2n) is 1.26. The van der Waals surface area contributed by atoms with Crippen LogP contribution < -0.4 is 0 Å². The van der Waals surface area contributed by atoms with Crippen molar-refractivity contribution in [2.24, 2.45) is 0 Å². The smallest absolute Gasteiger partial charge is 0.328 e. The van der Waals surface area contributed by atoms with E-state index in [-0.39, 0.29) is 0 Å². The van der Waals surface area contributed by atoms with E-state index in [2.05, 4.69) is 13.6 Å². The molecule has 0 aliphatic heterocycles. The lowest BCUT2D eigenvalue weighted by atomic mass is 11.8. The van der Waals surface area contributed by atoms with Crippen molar-refractivity contribution in [2.45, 2.75) is 0 Å². The number of hydrogen-bond acceptors (Lipinski definition) is 7. The minimum Gasteiger partial charge on any atom is -0.328 e. The van der Waals surface area contributed by atoms with Crippen molar-refractivity contribution in [2.75, 3.05) is 21.3 Å². The summed E-state index contributed by atoms with van der Waals surface area (Å²) in [4.78, 5) is 21.7. The summed E-state index contributed by atoms with van der Waals surface area (Å²) >= 11 is 0. The quantitative estimate of drug-likeness (QED) is 0.586. The van der Waals surface area contributed by atoms with Gasteiger partial charge in [0.2, 0.25) is 0 Å². The highest BCUT2D eigenvalue weighted by Gasteiger charge is 2.18. The van der Waals surface area contributed by atoms with E-state index >= 15 is 0 Å². The van der Waals surface area contributed by atoms with Crippen molar-refractivity contribution in [3.8, 4) is 0 Å². The monoisotopic (exact) mass is 222 g/mol. The molecule has 12 heavy (non-hydrogen) atoms. The van der Waals surface area contributed by atoms with Gasteiger partial charge in [-0.3, -0.25) is 13.6 Å². The van der Waals surface area contributed by atoms with E-state index in [4.69, 9.17) is 14.7 Å². The first-order chi connectivity index (χ1) is 5.41. The van der Waals surface area contributed by atoms with E-state index in [0.29, 0.717) is 0 Å². The summed E-state index contributed by atoms with van der Waals surface area (Å²) in [6, 6.07) is 0. The lowest BCUT2D eigenvalue weighted by molar-refractivity contribution is 0.178. The van der Waals surface area contributed by atoms with Gasteiger partial charge in [0.05, 0.1) is 0 Å². The van der Waals surface area contributed by atoms with Crippen LogP contribution in [0.5, 0.6) is 0 Å². The average Bonchev–Trinajstić information content (AvgIpc) is 2.02. The van der Waals surface area contributed by atoms with Crippen molar-refractivity contribution in [3.63, 3.8) is 0 Å². The molecule has 0 aliphatic rings. The first-order valence-corrected chi connectivity index (χ1v) is 5.22. The number of rotatable bonds is 3. The van der Waals surface area contributed by atoms with Crippen molar-refractivity contribution in [1.29, 1.82) is 0 Å². The molecule has 9 heteroatoms. The highest BCUT2D eigenvalue weighted by atomic mass is 31.2. The van der Waals surface area contributed by atoms with Crippen LogP contribution in [0.15, 0.2) is 0 Å². The Bertz CT molecular complexity index is 115. The zero-order valence-corrected chi connectivity index (χ0v) is 8.66. The summed E-state index contributed by atoms with van der Waals surface area (Å²) in [7, 11) is -2.01. The largest absolute Gasteiger partial charge is 0.473 e. The first kappa shape index (κ1) is 14.9. The molecule has 0 atom stereocenters. The zero-order chi connectivity index (χ0) is 10.2. The van der Waals surface area contributed by atoms with Crippen LogP contribution in [0.2, 0.25) is 0 Å². The molecule has 0 rings (SSSR count). The third-order valence-electron chi connectivity index (χ3n) is 0.671. The van der Waals surface area contributed by atoms with E-state index in [1.807, 2.05) is 0 Å². The Labute approximate surface area is 71.5 Å². The Morgan fingerprint density at radius 3 is 1.17 bits per heavy atom. The second-order valence-corrected chi connectivity index (χ2v) is 3.79. The van der Waals surface area contributed by atoms with Gasteiger partial charge in [-0.1, -0.05) is 0 Å². The molecule has 0 spiro atoms. The fourth-order valence-electron chi connectivity index (χ4n) is 0.224. The van der Waals surface area contributed by atoms with E-state index in [1.165, 1.54) is 21.3 Å². The molecule has 0 aromatic rings. The van der Waals surface area contributed by atoms with Crippen LogP contribution >= 0.6 is 16.4 Å². The Kier molecular flexibility index (Phi) is 9.99. The second kappa shape index (κ2) is 8.04. The first-order valence-electron chi connectivity index (χ1n) is 2.56. The number of phosphoric acid groups is 1.